The van der Waals surface area contributed by atoms with Gasteiger partial charge in [-0.05, 0) is 25.5 Å². The molecule has 6 heteroatoms. The topological polar surface area (TPSA) is 44.3 Å². The van der Waals surface area contributed by atoms with Crippen LogP contribution in [0.3, 0.4) is 0 Å². The molecule has 0 spiro atoms. The number of hydrogen-bond acceptors (Lipinski definition) is 5. The summed E-state index contributed by atoms with van der Waals surface area (Å²) in [5.41, 5.74) is 0.759. The van der Waals surface area contributed by atoms with E-state index in [2.05, 4.69) is 20.2 Å². The van der Waals surface area contributed by atoms with Crippen molar-refractivity contribution in [2.24, 2.45) is 0 Å². The molecule has 128 valence electrons. The van der Waals surface area contributed by atoms with Crippen LogP contribution in [-0.4, -0.2) is 48.1 Å². The summed E-state index contributed by atoms with van der Waals surface area (Å²) in [6.07, 6.45) is 3.77. The number of halogens is 1. The Bertz CT molecular complexity index is 676. The molecule has 0 bridgehead atoms. The fourth-order valence-electron chi connectivity index (χ4n) is 3.06. The molecular formula is C18H24FN5. The maximum Gasteiger partial charge on any atom is 0.133 e. The molecule has 1 atom stereocenters. The molecule has 1 unspecified atom stereocenters. The van der Waals surface area contributed by atoms with Crippen molar-refractivity contribution in [1.29, 1.82) is 0 Å². The monoisotopic (exact) mass is 329 g/mol. The van der Waals surface area contributed by atoms with Crippen LogP contribution in [-0.2, 0) is 6.54 Å². The zero-order valence-electron chi connectivity index (χ0n) is 14.2. The summed E-state index contributed by atoms with van der Waals surface area (Å²) in [5, 5.41) is 3.49. The van der Waals surface area contributed by atoms with Crippen molar-refractivity contribution in [3.05, 3.63) is 48.0 Å². The van der Waals surface area contributed by atoms with E-state index in [0.717, 1.165) is 43.1 Å². The van der Waals surface area contributed by atoms with Gasteiger partial charge >= 0.3 is 0 Å². The largest absolute Gasteiger partial charge is 0.366 e. The van der Waals surface area contributed by atoms with Crippen molar-refractivity contribution in [1.82, 2.24) is 14.9 Å². The van der Waals surface area contributed by atoms with Crippen LogP contribution >= 0.6 is 0 Å². The number of nitrogens with one attached hydrogen (secondary N) is 1. The Morgan fingerprint density at radius 1 is 1.29 bits per heavy atom. The first kappa shape index (κ1) is 16.6. The van der Waals surface area contributed by atoms with E-state index in [1.165, 1.54) is 6.07 Å². The first-order valence-electron chi connectivity index (χ1n) is 8.33. The van der Waals surface area contributed by atoms with Crippen LogP contribution in [0.15, 0.2) is 36.7 Å². The Kier molecular flexibility index (Phi) is 5.25. The van der Waals surface area contributed by atoms with Crippen LogP contribution in [0.5, 0.6) is 0 Å². The zero-order valence-corrected chi connectivity index (χ0v) is 14.2. The summed E-state index contributed by atoms with van der Waals surface area (Å²) in [6.45, 7) is 2.53. The summed E-state index contributed by atoms with van der Waals surface area (Å²) in [7, 11) is 3.92. The van der Waals surface area contributed by atoms with E-state index in [9.17, 15) is 4.39 Å². The first-order valence-corrected chi connectivity index (χ1v) is 8.33. The van der Waals surface area contributed by atoms with Gasteiger partial charge in [-0.2, -0.15) is 0 Å². The third-order valence-electron chi connectivity index (χ3n) is 4.32. The van der Waals surface area contributed by atoms with E-state index in [1.807, 2.05) is 37.2 Å². The molecule has 1 aromatic heterocycles. The van der Waals surface area contributed by atoms with Crippen molar-refractivity contribution in [2.75, 3.05) is 37.4 Å². The molecule has 0 radical (unpaired) electrons. The highest BCUT2D eigenvalue weighted by atomic mass is 19.1. The van der Waals surface area contributed by atoms with Crippen LogP contribution in [0.4, 0.5) is 16.0 Å². The molecule has 0 saturated carbocycles. The third-order valence-corrected chi connectivity index (χ3v) is 4.32. The van der Waals surface area contributed by atoms with Gasteiger partial charge in [0.1, 0.15) is 23.8 Å². The standard InChI is InChI=1S/C18H24FN5/c1-23(2)18-10-17(20-13-21-18)22-15-7-5-9-24(12-15)11-14-6-3-4-8-16(14)19/h3-4,6,8,10,13,15H,5,7,9,11-12H2,1-2H3,(H,20,21,22). The number of benzene rings is 1. The number of likely N-dealkylation sites (tertiary alicyclic amines) is 1. The Labute approximate surface area is 142 Å². The van der Waals surface area contributed by atoms with Gasteiger partial charge in [0.2, 0.25) is 0 Å². The van der Waals surface area contributed by atoms with Gasteiger partial charge < -0.3 is 10.2 Å². The van der Waals surface area contributed by atoms with Crippen LogP contribution in [0.1, 0.15) is 18.4 Å². The highest BCUT2D eigenvalue weighted by Gasteiger charge is 2.21. The van der Waals surface area contributed by atoms with E-state index in [-0.39, 0.29) is 5.82 Å². The SMILES string of the molecule is CN(C)c1cc(NC2CCCN(Cc3ccccc3F)C2)ncn1. The molecule has 1 fully saturated rings. The maximum atomic E-state index is 13.8. The van der Waals surface area contributed by atoms with Crippen molar-refractivity contribution in [3.8, 4) is 0 Å². The van der Waals surface area contributed by atoms with Gasteiger partial charge in [-0.1, -0.05) is 18.2 Å². The number of piperidine rings is 1. The van der Waals surface area contributed by atoms with E-state index in [1.54, 1.807) is 12.4 Å². The lowest BCUT2D eigenvalue weighted by atomic mass is 10.0. The highest BCUT2D eigenvalue weighted by molar-refractivity contribution is 5.47. The van der Waals surface area contributed by atoms with Crippen molar-refractivity contribution in [2.45, 2.75) is 25.4 Å². The Morgan fingerprint density at radius 2 is 2.12 bits per heavy atom. The fraction of sp³-hybridized carbons (Fsp3) is 0.444. The van der Waals surface area contributed by atoms with Gasteiger partial charge in [0.25, 0.3) is 0 Å². The van der Waals surface area contributed by atoms with E-state index in [0.29, 0.717) is 12.6 Å². The predicted octanol–water partition coefficient (Wildman–Crippen LogP) is 2.76. The minimum atomic E-state index is -0.126. The number of anilines is 2. The molecule has 2 heterocycles. The normalized spacial score (nSPS) is 18.4. The van der Waals surface area contributed by atoms with Gasteiger partial charge in [-0.3, -0.25) is 4.90 Å². The Balaban J connectivity index is 1.61. The second-order valence-electron chi connectivity index (χ2n) is 6.47. The van der Waals surface area contributed by atoms with Crippen LogP contribution in [0.25, 0.3) is 0 Å². The summed E-state index contributed by atoms with van der Waals surface area (Å²) in [6, 6.07) is 9.28. The molecule has 3 rings (SSSR count). The summed E-state index contributed by atoms with van der Waals surface area (Å²) in [4.78, 5) is 12.8. The predicted molar refractivity (Wildman–Crippen MR) is 94.7 cm³/mol. The molecule has 1 saturated heterocycles. The highest BCUT2D eigenvalue weighted by Crippen LogP contribution is 2.19. The first-order chi connectivity index (χ1) is 11.6. The average Bonchev–Trinajstić information content (AvgIpc) is 2.57. The van der Waals surface area contributed by atoms with E-state index < -0.39 is 0 Å². The van der Waals surface area contributed by atoms with Gasteiger partial charge in [-0.25, -0.2) is 14.4 Å². The van der Waals surface area contributed by atoms with Gasteiger partial charge in [0, 0.05) is 44.9 Å². The van der Waals surface area contributed by atoms with Crippen molar-refractivity contribution >= 4 is 11.6 Å². The molecule has 1 N–H and O–H groups in total. The maximum absolute atomic E-state index is 13.8. The number of hydrogen-bond donors (Lipinski definition) is 1. The molecule has 5 nitrogen and oxygen atoms in total. The fourth-order valence-corrected chi connectivity index (χ4v) is 3.06. The molecule has 0 aliphatic carbocycles. The van der Waals surface area contributed by atoms with E-state index >= 15 is 0 Å². The average molecular weight is 329 g/mol. The van der Waals surface area contributed by atoms with Crippen molar-refractivity contribution in [3.63, 3.8) is 0 Å². The minimum absolute atomic E-state index is 0.126. The minimum Gasteiger partial charge on any atom is -0.366 e. The second kappa shape index (κ2) is 7.57. The quantitative estimate of drug-likeness (QED) is 0.914. The van der Waals surface area contributed by atoms with Crippen LogP contribution < -0.4 is 10.2 Å². The van der Waals surface area contributed by atoms with E-state index in [4.69, 9.17) is 0 Å². The van der Waals surface area contributed by atoms with Gasteiger partial charge in [0.05, 0.1) is 0 Å². The Hall–Kier alpha value is -2.21. The van der Waals surface area contributed by atoms with Gasteiger partial charge in [-0.15, -0.1) is 0 Å². The van der Waals surface area contributed by atoms with Gasteiger partial charge in [0.15, 0.2) is 0 Å². The van der Waals surface area contributed by atoms with Crippen LogP contribution in [0.2, 0.25) is 0 Å². The lowest BCUT2D eigenvalue weighted by Gasteiger charge is -2.33. The Morgan fingerprint density at radius 3 is 2.92 bits per heavy atom. The number of rotatable bonds is 5. The molecule has 2 aromatic rings. The summed E-state index contributed by atoms with van der Waals surface area (Å²) < 4.78 is 13.8. The molecule has 24 heavy (non-hydrogen) atoms. The lowest BCUT2D eigenvalue weighted by Crippen LogP contribution is -2.41. The number of aromatic nitrogens is 2. The van der Waals surface area contributed by atoms with Crippen LogP contribution in [0, 0.1) is 5.82 Å². The second-order valence-corrected chi connectivity index (χ2v) is 6.47. The number of nitrogens with zero attached hydrogens (tertiary/aromatic N) is 4. The molecule has 1 aromatic carbocycles. The zero-order chi connectivity index (χ0) is 16.9. The summed E-state index contributed by atoms with van der Waals surface area (Å²) >= 11 is 0. The molecule has 0 amide bonds. The molecular weight excluding hydrogens is 305 g/mol. The van der Waals surface area contributed by atoms with Crippen molar-refractivity contribution < 1.29 is 4.39 Å². The third kappa shape index (κ3) is 4.20. The summed E-state index contributed by atoms with van der Waals surface area (Å²) in [5.74, 6) is 1.59. The molecule has 1 aliphatic heterocycles. The molecule has 1 aliphatic rings. The smallest absolute Gasteiger partial charge is 0.133 e. The lowest BCUT2D eigenvalue weighted by molar-refractivity contribution is 0.206.